The summed E-state index contributed by atoms with van der Waals surface area (Å²) < 4.78 is 5.17. The van der Waals surface area contributed by atoms with Crippen molar-refractivity contribution in [1.82, 2.24) is 0 Å². The number of methoxy groups -OCH3 is 1. The second-order valence-corrected chi connectivity index (χ2v) is 3.83. The van der Waals surface area contributed by atoms with E-state index in [4.69, 9.17) is 15.7 Å². The zero-order valence-corrected chi connectivity index (χ0v) is 10.3. The van der Waals surface area contributed by atoms with E-state index >= 15 is 0 Å². The molecule has 0 saturated carbocycles. The zero-order valence-electron chi connectivity index (χ0n) is 10.3. The molecule has 98 valence electrons. The molecule has 0 bridgehead atoms. The van der Waals surface area contributed by atoms with Crippen LogP contribution in [-0.4, -0.2) is 24.5 Å². The van der Waals surface area contributed by atoms with Crippen LogP contribution in [0.3, 0.4) is 0 Å². The van der Waals surface area contributed by atoms with E-state index in [2.05, 4.69) is 10.4 Å². The Kier molecular flexibility index (Phi) is 3.51. The molecular formula is C13H13N3O3. The molecule has 0 saturated heterocycles. The summed E-state index contributed by atoms with van der Waals surface area (Å²) in [5.74, 6) is 5.57. The van der Waals surface area contributed by atoms with Gasteiger partial charge >= 0.3 is 6.09 Å². The third-order valence-corrected chi connectivity index (χ3v) is 2.68. The fourth-order valence-electron chi connectivity index (χ4n) is 1.89. The largest absolute Gasteiger partial charge is 0.495 e. The lowest BCUT2D eigenvalue weighted by atomic mass is 10.0. The monoisotopic (exact) mass is 259 g/mol. The van der Waals surface area contributed by atoms with E-state index in [0.717, 1.165) is 16.3 Å². The molecule has 0 fully saturated rings. The van der Waals surface area contributed by atoms with Crippen molar-refractivity contribution in [1.29, 1.82) is 0 Å². The van der Waals surface area contributed by atoms with Gasteiger partial charge in [-0.05, 0) is 23.1 Å². The van der Waals surface area contributed by atoms with Gasteiger partial charge in [-0.2, -0.15) is 5.10 Å². The molecule has 0 radical (unpaired) electrons. The predicted octanol–water partition coefficient (Wildman–Crippen LogP) is 2.23. The SMILES string of the molecule is COc1ccc2ccc(C=NN)cc2c1NC(=O)O. The van der Waals surface area contributed by atoms with Gasteiger partial charge in [-0.25, -0.2) is 4.79 Å². The van der Waals surface area contributed by atoms with E-state index in [-0.39, 0.29) is 0 Å². The number of ether oxygens (including phenoxy) is 1. The van der Waals surface area contributed by atoms with Gasteiger partial charge in [0.15, 0.2) is 0 Å². The van der Waals surface area contributed by atoms with Crippen molar-refractivity contribution in [3.8, 4) is 5.75 Å². The Bertz CT molecular complexity index is 653. The lowest BCUT2D eigenvalue weighted by Crippen LogP contribution is -2.09. The summed E-state index contributed by atoms with van der Waals surface area (Å²) in [5.41, 5.74) is 1.18. The van der Waals surface area contributed by atoms with Crippen LogP contribution in [-0.2, 0) is 0 Å². The number of nitrogens with one attached hydrogen (secondary N) is 1. The van der Waals surface area contributed by atoms with Gasteiger partial charge in [0.2, 0.25) is 0 Å². The van der Waals surface area contributed by atoms with Crippen molar-refractivity contribution in [2.45, 2.75) is 0 Å². The van der Waals surface area contributed by atoms with Gasteiger partial charge in [-0.1, -0.05) is 18.2 Å². The van der Waals surface area contributed by atoms with Gasteiger partial charge in [0.1, 0.15) is 5.75 Å². The Hall–Kier alpha value is -2.76. The standard InChI is InChI=1S/C13H13N3O3/c1-19-11-5-4-9-3-2-8(7-15-14)6-10(9)12(11)16-13(17)18/h2-7,16H,14H2,1H3,(H,17,18). The highest BCUT2D eigenvalue weighted by atomic mass is 16.5. The van der Waals surface area contributed by atoms with Crippen LogP contribution >= 0.6 is 0 Å². The number of hydrazone groups is 1. The molecule has 19 heavy (non-hydrogen) atoms. The Balaban J connectivity index is 2.69. The minimum atomic E-state index is -1.15. The van der Waals surface area contributed by atoms with Gasteiger partial charge in [-0.15, -0.1) is 0 Å². The van der Waals surface area contributed by atoms with Crippen LogP contribution in [0.15, 0.2) is 35.4 Å². The number of rotatable bonds is 3. The highest BCUT2D eigenvalue weighted by molar-refractivity contribution is 6.04. The Morgan fingerprint density at radius 1 is 1.42 bits per heavy atom. The highest BCUT2D eigenvalue weighted by Gasteiger charge is 2.11. The third-order valence-electron chi connectivity index (χ3n) is 2.68. The number of benzene rings is 2. The summed E-state index contributed by atoms with van der Waals surface area (Å²) in [7, 11) is 1.49. The number of nitrogens with two attached hydrogens (primary N) is 1. The number of anilines is 1. The van der Waals surface area contributed by atoms with Crippen molar-refractivity contribution in [2.24, 2.45) is 10.9 Å². The van der Waals surface area contributed by atoms with Crippen LogP contribution in [0, 0.1) is 0 Å². The molecule has 0 spiro atoms. The maximum atomic E-state index is 10.9. The van der Waals surface area contributed by atoms with E-state index in [9.17, 15) is 4.79 Å². The van der Waals surface area contributed by atoms with Gasteiger partial charge in [-0.3, -0.25) is 5.32 Å². The fraction of sp³-hybridized carbons (Fsp3) is 0.0769. The molecule has 6 nitrogen and oxygen atoms in total. The van der Waals surface area contributed by atoms with E-state index < -0.39 is 6.09 Å². The van der Waals surface area contributed by atoms with Crippen LogP contribution in [0.2, 0.25) is 0 Å². The number of hydrogen-bond acceptors (Lipinski definition) is 4. The normalized spacial score (nSPS) is 10.8. The lowest BCUT2D eigenvalue weighted by Gasteiger charge is -2.12. The molecule has 0 atom stereocenters. The highest BCUT2D eigenvalue weighted by Crippen LogP contribution is 2.33. The fourth-order valence-corrected chi connectivity index (χ4v) is 1.89. The Morgan fingerprint density at radius 2 is 2.16 bits per heavy atom. The molecule has 0 aliphatic heterocycles. The van der Waals surface area contributed by atoms with E-state index in [1.54, 1.807) is 12.1 Å². The van der Waals surface area contributed by atoms with Crippen molar-refractivity contribution in [2.75, 3.05) is 12.4 Å². The van der Waals surface area contributed by atoms with Crippen molar-refractivity contribution >= 4 is 28.8 Å². The molecule has 2 aromatic rings. The molecule has 0 aromatic heterocycles. The molecule has 0 unspecified atom stereocenters. The summed E-state index contributed by atoms with van der Waals surface area (Å²) in [6, 6.07) is 9.06. The van der Waals surface area contributed by atoms with E-state index in [0.29, 0.717) is 11.4 Å². The summed E-state index contributed by atoms with van der Waals surface area (Å²) in [4.78, 5) is 10.9. The second-order valence-electron chi connectivity index (χ2n) is 3.83. The first-order chi connectivity index (χ1) is 9.15. The average molecular weight is 259 g/mol. The van der Waals surface area contributed by atoms with Crippen molar-refractivity contribution in [3.63, 3.8) is 0 Å². The summed E-state index contributed by atoms with van der Waals surface area (Å²) in [6.07, 6.45) is 0.340. The summed E-state index contributed by atoms with van der Waals surface area (Å²) in [6.45, 7) is 0. The van der Waals surface area contributed by atoms with E-state index in [1.807, 2.05) is 18.2 Å². The summed E-state index contributed by atoms with van der Waals surface area (Å²) in [5, 5.41) is 16.3. The molecule has 0 aliphatic carbocycles. The maximum absolute atomic E-state index is 10.9. The maximum Gasteiger partial charge on any atom is 0.409 e. The van der Waals surface area contributed by atoms with Gasteiger partial charge < -0.3 is 15.7 Å². The molecule has 0 aliphatic rings. The predicted molar refractivity (Wildman–Crippen MR) is 73.9 cm³/mol. The smallest absolute Gasteiger partial charge is 0.409 e. The third kappa shape index (κ3) is 2.57. The average Bonchev–Trinajstić information content (AvgIpc) is 2.39. The Labute approximate surface area is 109 Å². The topological polar surface area (TPSA) is 96.9 Å². The van der Waals surface area contributed by atoms with Crippen molar-refractivity contribution < 1.29 is 14.6 Å². The number of amides is 1. The van der Waals surface area contributed by atoms with Gasteiger partial charge in [0.25, 0.3) is 0 Å². The number of hydrogen-bond donors (Lipinski definition) is 3. The van der Waals surface area contributed by atoms with Crippen LogP contribution in [0.1, 0.15) is 5.56 Å². The lowest BCUT2D eigenvalue weighted by molar-refractivity contribution is 0.209. The van der Waals surface area contributed by atoms with Crippen LogP contribution in [0.25, 0.3) is 10.8 Å². The molecule has 1 amide bonds. The van der Waals surface area contributed by atoms with Gasteiger partial charge in [0.05, 0.1) is 19.0 Å². The quantitative estimate of drug-likeness (QED) is 0.447. The number of nitrogens with zero attached hydrogens (tertiary/aromatic N) is 1. The van der Waals surface area contributed by atoms with Crippen molar-refractivity contribution in [3.05, 3.63) is 35.9 Å². The second kappa shape index (κ2) is 5.26. The number of fused-ring (bicyclic) bond motifs is 1. The first kappa shape index (κ1) is 12.7. The minimum Gasteiger partial charge on any atom is -0.495 e. The Morgan fingerprint density at radius 3 is 2.79 bits per heavy atom. The van der Waals surface area contributed by atoms with Crippen LogP contribution in [0.4, 0.5) is 10.5 Å². The first-order valence-electron chi connectivity index (χ1n) is 5.49. The molecule has 2 aromatic carbocycles. The molecule has 6 heteroatoms. The molecular weight excluding hydrogens is 246 g/mol. The summed E-state index contributed by atoms with van der Waals surface area (Å²) >= 11 is 0. The molecule has 4 N–H and O–H groups in total. The molecule has 2 rings (SSSR count). The van der Waals surface area contributed by atoms with Crippen LogP contribution < -0.4 is 15.9 Å². The number of carbonyl (C=O) groups is 1. The van der Waals surface area contributed by atoms with E-state index in [1.165, 1.54) is 13.3 Å². The molecule has 0 heterocycles. The zero-order chi connectivity index (χ0) is 13.8. The van der Waals surface area contributed by atoms with Crippen LogP contribution in [0.5, 0.6) is 5.75 Å². The number of carboxylic acid groups (broad SMARTS) is 1. The van der Waals surface area contributed by atoms with Gasteiger partial charge in [0, 0.05) is 5.39 Å². The first-order valence-corrected chi connectivity index (χ1v) is 5.49. The minimum absolute atomic E-state index is 0.403.